The van der Waals surface area contributed by atoms with Gasteiger partial charge in [-0.2, -0.15) is 11.8 Å². The van der Waals surface area contributed by atoms with E-state index in [0.29, 0.717) is 18.9 Å². The van der Waals surface area contributed by atoms with Crippen LogP contribution in [-0.2, 0) is 4.79 Å². The lowest BCUT2D eigenvalue weighted by Crippen LogP contribution is -2.43. The topological polar surface area (TPSA) is 61.9 Å². The second-order valence-electron chi connectivity index (χ2n) is 6.12. The number of nitrogens with two attached hydrogens (primary N) is 1. The molecule has 2 unspecified atom stereocenters. The largest absolute Gasteiger partial charge is 0.370 e. The van der Waals surface area contributed by atoms with E-state index < -0.39 is 0 Å². The molecular weight excluding hydrogens is 308 g/mol. The van der Waals surface area contributed by atoms with Gasteiger partial charge in [0, 0.05) is 50.5 Å². The van der Waals surface area contributed by atoms with Gasteiger partial charge in [0.05, 0.1) is 6.04 Å². The molecule has 2 atom stereocenters. The zero-order valence-electron chi connectivity index (χ0n) is 13.5. The molecule has 3 rings (SSSR count). The van der Waals surface area contributed by atoms with Crippen molar-refractivity contribution in [1.29, 1.82) is 0 Å². The number of aliphatic imine (C=N–C) groups is 1. The molecular formula is C17H24N4OS. The standard InChI is InChI=1S/C17H24N4OS/c1-20-15(22)11-14(16(20)13-5-3-2-4-6-13)12-19-17(18)21-7-9-23-10-8-21/h2-6,14,16H,7-12H2,1H3,(H2,18,19). The quantitative estimate of drug-likeness (QED) is 0.674. The van der Waals surface area contributed by atoms with Crippen molar-refractivity contribution in [3.63, 3.8) is 0 Å². The van der Waals surface area contributed by atoms with Crippen molar-refractivity contribution in [2.75, 3.05) is 38.2 Å². The number of rotatable bonds is 3. The number of thioether (sulfide) groups is 1. The molecule has 0 radical (unpaired) electrons. The zero-order chi connectivity index (χ0) is 16.2. The number of benzene rings is 1. The van der Waals surface area contributed by atoms with Gasteiger partial charge in [-0.25, -0.2) is 0 Å². The first-order chi connectivity index (χ1) is 11.2. The molecule has 2 N–H and O–H groups in total. The monoisotopic (exact) mass is 332 g/mol. The van der Waals surface area contributed by atoms with Crippen molar-refractivity contribution in [3.05, 3.63) is 35.9 Å². The number of nitrogens with zero attached hydrogens (tertiary/aromatic N) is 3. The van der Waals surface area contributed by atoms with Gasteiger partial charge in [-0.05, 0) is 5.56 Å². The number of hydrogen-bond acceptors (Lipinski definition) is 3. The van der Waals surface area contributed by atoms with Gasteiger partial charge in [0.2, 0.25) is 5.91 Å². The van der Waals surface area contributed by atoms with E-state index in [1.807, 2.05) is 41.9 Å². The highest BCUT2D eigenvalue weighted by atomic mass is 32.2. The van der Waals surface area contributed by atoms with Crippen molar-refractivity contribution in [2.45, 2.75) is 12.5 Å². The first kappa shape index (κ1) is 16.2. The van der Waals surface area contributed by atoms with Gasteiger partial charge in [-0.15, -0.1) is 0 Å². The van der Waals surface area contributed by atoms with Crippen LogP contribution in [0, 0.1) is 5.92 Å². The van der Waals surface area contributed by atoms with Crippen molar-refractivity contribution in [2.24, 2.45) is 16.6 Å². The van der Waals surface area contributed by atoms with E-state index in [0.717, 1.165) is 24.6 Å². The molecule has 1 amide bonds. The number of guanidine groups is 1. The number of hydrogen-bond donors (Lipinski definition) is 1. The van der Waals surface area contributed by atoms with Crippen LogP contribution in [0.15, 0.2) is 35.3 Å². The average Bonchev–Trinajstić information content (AvgIpc) is 2.88. The fourth-order valence-electron chi connectivity index (χ4n) is 3.36. The molecule has 2 fully saturated rings. The summed E-state index contributed by atoms with van der Waals surface area (Å²) in [7, 11) is 1.88. The molecule has 1 aromatic carbocycles. The van der Waals surface area contributed by atoms with E-state index in [2.05, 4.69) is 22.0 Å². The molecule has 124 valence electrons. The molecule has 0 spiro atoms. The Morgan fingerprint density at radius 3 is 2.70 bits per heavy atom. The maximum absolute atomic E-state index is 12.1. The molecule has 1 aromatic rings. The molecule has 2 saturated heterocycles. The summed E-state index contributed by atoms with van der Waals surface area (Å²) in [5, 5.41) is 0. The Balaban J connectivity index is 1.71. The predicted octanol–water partition coefficient (Wildman–Crippen LogP) is 1.57. The summed E-state index contributed by atoms with van der Waals surface area (Å²) in [6.45, 7) is 2.53. The van der Waals surface area contributed by atoms with Gasteiger partial charge in [0.15, 0.2) is 5.96 Å². The SMILES string of the molecule is CN1C(=O)CC(CN=C(N)N2CCSCC2)C1c1ccccc1. The predicted molar refractivity (Wildman–Crippen MR) is 95.4 cm³/mol. The van der Waals surface area contributed by atoms with Gasteiger partial charge >= 0.3 is 0 Å². The minimum Gasteiger partial charge on any atom is -0.370 e. The zero-order valence-corrected chi connectivity index (χ0v) is 14.3. The lowest BCUT2D eigenvalue weighted by Gasteiger charge is -2.28. The second kappa shape index (κ2) is 7.25. The van der Waals surface area contributed by atoms with Crippen molar-refractivity contribution in [1.82, 2.24) is 9.80 Å². The minimum atomic E-state index is 0.0946. The van der Waals surface area contributed by atoms with Gasteiger partial charge in [0.1, 0.15) is 0 Å². The summed E-state index contributed by atoms with van der Waals surface area (Å²) in [6, 6.07) is 10.3. The molecule has 5 nitrogen and oxygen atoms in total. The van der Waals surface area contributed by atoms with Crippen LogP contribution in [0.5, 0.6) is 0 Å². The highest BCUT2D eigenvalue weighted by Crippen LogP contribution is 2.36. The van der Waals surface area contributed by atoms with Crippen LogP contribution in [0.25, 0.3) is 0 Å². The third-order valence-electron chi connectivity index (χ3n) is 4.66. The molecule has 0 bridgehead atoms. The summed E-state index contributed by atoms with van der Waals surface area (Å²) >= 11 is 1.95. The van der Waals surface area contributed by atoms with Crippen LogP contribution in [-0.4, -0.2) is 59.9 Å². The number of carbonyl (C=O) groups is 1. The lowest BCUT2D eigenvalue weighted by molar-refractivity contribution is -0.127. The number of likely N-dealkylation sites (tertiary alicyclic amines) is 1. The Hall–Kier alpha value is -1.69. The van der Waals surface area contributed by atoms with Gasteiger partial charge in [0.25, 0.3) is 0 Å². The fraction of sp³-hybridized carbons (Fsp3) is 0.529. The van der Waals surface area contributed by atoms with Crippen LogP contribution in [0.1, 0.15) is 18.0 Å². The van der Waals surface area contributed by atoms with Crippen LogP contribution >= 0.6 is 11.8 Å². The Bertz CT molecular complexity index is 571. The molecule has 6 heteroatoms. The Kier molecular flexibility index (Phi) is 5.10. The summed E-state index contributed by atoms with van der Waals surface area (Å²) in [4.78, 5) is 20.8. The summed E-state index contributed by atoms with van der Waals surface area (Å²) in [5.41, 5.74) is 7.32. The Morgan fingerprint density at radius 2 is 2.00 bits per heavy atom. The summed E-state index contributed by atoms with van der Waals surface area (Å²) < 4.78 is 0. The van der Waals surface area contributed by atoms with E-state index in [9.17, 15) is 4.79 Å². The van der Waals surface area contributed by atoms with Crippen LogP contribution in [0.4, 0.5) is 0 Å². The average molecular weight is 332 g/mol. The van der Waals surface area contributed by atoms with Gasteiger partial charge in [-0.1, -0.05) is 30.3 Å². The Labute approximate surface area is 141 Å². The molecule has 0 aromatic heterocycles. The first-order valence-corrected chi connectivity index (χ1v) is 9.25. The number of carbonyl (C=O) groups excluding carboxylic acids is 1. The molecule has 0 saturated carbocycles. The molecule has 2 aliphatic rings. The fourth-order valence-corrected chi connectivity index (χ4v) is 4.27. The van der Waals surface area contributed by atoms with Crippen LogP contribution in [0.3, 0.4) is 0 Å². The number of amides is 1. The van der Waals surface area contributed by atoms with Crippen molar-refractivity contribution < 1.29 is 4.79 Å². The van der Waals surface area contributed by atoms with Gasteiger partial charge < -0.3 is 15.5 Å². The highest BCUT2D eigenvalue weighted by molar-refractivity contribution is 7.99. The van der Waals surface area contributed by atoms with E-state index >= 15 is 0 Å². The maximum Gasteiger partial charge on any atom is 0.223 e. The van der Waals surface area contributed by atoms with Crippen molar-refractivity contribution in [3.8, 4) is 0 Å². The second-order valence-corrected chi connectivity index (χ2v) is 7.35. The smallest absolute Gasteiger partial charge is 0.223 e. The van der Waals surface area contributed by atoms with Crippen LogP contribution < -0.4 is 5.73 Å². The lowest BCUT2D eigenvalue weighted by atomic mass is 9.94. The first-order valence-electron chi connectivity index (χ1n) is 8.10. The Morgan fingerprint density at radius 1 is 1.30 bits per heavy atom. The maximum atomic E-state index is 12.1. The third kappa shape index (κ3) is 3.63. The van der Waals surface area contributed by atoms with E-state index in [1.54, 1.807) is 0 Å². The van der Waals surface area contributed by atoms with E-state index in [1.165, 1.54) is 5.56 Å². The van der Waals surface area contributed by atoms with Crippen molar-refractivity contribution >= 4 is 23.6 Å². The minimum absolute atomic E-state index is 0.0946. The molecule has 0 aliphatic carbocycles. The van der Waals surface area contributed by atoms with E-state index in [4.69, 9.17) is 5.73 Å². The van der Waals surface area contributed by atoms with Gasteiger partial charge in [-0.3, -0.25) is 9.79 Å². The molecule has 23 heavy (non-hydrogen) atoms. The molecule has 2 heterocycles. The third-order valence-corrected chi connectivity index (χ3v) is 5.60. The summed E-state index contributed by atoms with van der Waals surface area (Å²) in [6.07, 6.45) is 0.544. The summed E-state index contributed by atoms with van der Waals surface area (Å²) in [5.74, 6) is 3.21. The van der Waals surface area contributed by atoms with E-state index in [-0.39, 0.29) is 17.9 Å². The van der Waals surface area contributed by atoms with Crippen LogP contribution in [0.2, 0.25) is 0 Å². The highest BCUT2D eigenvalue weighted by Gasteiger charge is 2.38. The molecule has 2 aliphatic heterocycles. The normalized spacial score (nSPS) is 26.0.